The zero-order chi connectivity index (χ0) is 14.5. The van der Waals surface area contributed by atoms with Crippen molar-refractivity contribution in [1.29, 1.82) is 0 Å². The SMILES string of the molecule is COC(=O)CC(CC(=O)OC)C[C@@H]1COC(C)(C)O1. The average Bonchev–Trinajstić information content (AvgIpc) is 2.68. The Kier molecular flexibility index (Phi) is 5.75. The number of ether oxygens (including phenoxy) is 4. The fourth-order valence-electron chi connectivity index (χ4n) is 2.13. The molecule has 110 valence electrons. The fraction of sp³-hybridized carbons (Fsp3) is 0.846. The van der Waals surface area contributed by atoms with Crippen molar-refractivity contribution in [2.75, 3.05) is 20.8 Å². The summed E-state index contributed by atoms with van der Waals surface area (Å²) in [6, 6.07) is 0. The molecular weight excluding hydrogens is 252 g/mol. The van der Waals surface area contributed by atoms with Crippen LogP contribution in [0.15, 0.2) is 0 Å². The number of methoxy groups -OCH3 is 2. The predicted octanol–water partition coefficient (Wildman–Crippen LogP) is 1.27. The van der Waals surface area contributed by atoms with Gasteiger partial charge in [-0.25, -0.2) is 0 Å². The van der Waals surface area contributed by atoms with Gasteiger partial charge in [0, 0.05) is 12.8 Å². The third kappa shape index (κ3) is 5.57. The zero-order valence-corrected chi connectivity index (χ0v) is 11.9. The summed E-state index contributed by atoms with van der Waals surface area (Å²) in [4.78, 5) is 22.7. The maximum Gasteiger partial charge on any atom is 0.305 e. The van der Waals surface area contributed by atoms with Crippen molar-refractivity contribution < 1.29 is 28.5 Å². The van der Waals surface area contributed by atoms with E-state index >= 15 is 0 Å². The van der Waals surface area contributed by atoms with Gasteiger partial charge in [-0.15, -0.1) is 0 Å². The van der Waals surface area contributed by atoms with Gasteiger partial charge in [0.15, 0.2) is 5.79 Å². The van der Waals surface area contributed by atoms with Crippen LogP contribution in [0.1, 0.15) is 33.1 Å². The zero-order valence-electron chi connectivity index (χ0n) is 11.9. The first-order valence-corrected chi connectivity index (χ1v) is 6.31. The van der Waals surface area contributed by atoms with E-state index in [0.717, 1.165) is 0 Å². The molecule has 0 N–H and O–H groups in total. The Morgan fingerprint density at radius 1 is 1.21 bits per heavy atom. The van der Waals surface area contributed by atoms with Crippen molar-refractivity contribution in [2.24, 2.45) is 5.92 Å². The second-order valence-corrected chi connectivity index (χ2v) is 5.11. The monoisotopic (exact) mass is 274 g/mol. The Morgan fingerprint density at radius 2 is 1.74 bits per heavy atom. The van der Waals surface area contributed by atoms with Crippen molar-refractivity contribution >= 4 is 11.9 Å². The van der Waals surface area contributed by atoms with E-state index in [2.05, 4.69) is 9.47 Å². The molecule has 0 aromatic carbocycles. The molecule has 0 unspecified atom stereocenters. The van der Waals surface area contributed by atoms with Crippen LogP contribution >= 0.6 is 0 Å². The topological polar surface area (TPSA) is 71.1 Å². The summed E-state index contributed by atoms with van der Waals surface area (Å²) in [5.74, 6) is -1.45. The summed E-state index contributed by atoms with van der Waals surface area (Å²) in [6.45, 7) is 4.14. The standard InChI is InChI=1S/C13H22O6/c1-13(2)18-8-10(19-13)5-9(6-11(14)16-3)7-12(15)17-4/h9-10H,5-8H2,1-4H3/t10-/m1/s1. The molecule has 6 heteroatoms. The van der Waals surface area contributed by atoms with Gasteiger partial charge in [0.05, 0.1) is 26.9 Å². The van der Waals surface area contributed by atoms with E-state index in [-0.39, 0.29) is 36.8 Å². The smallest absolute Gasteiger partial charge is 0.305 e. The lowest BCUT2D eigenvalue weighted by Crippen LogP contribution is -2.25. The molecule has 1 saturated heterocycles. The van der Waals surface area contributed by atoms with Crippen molar-refractivity contribution in [2.45, 2.75) is 45.0 Å². The Morgan fingerprint density at radius 3 is 2.11 bits per heavy atom. The van der Waals surface area contributed by atoms with Crippen molar-refractivity contribution in [3.8, 4) is 0 Å². The highest BCUT2D eigenvalue weighted by atomic mass is 16.7. The number of hydrogen-bond acceptors (Lipinski definition) is 6. The van der Waals surface area contributed by atoms with Crippen LogP contribution in [-0.2, 0) is 28.5 Å². The third-order valence-corrected chi connectivity index (χ3v) is 3.03. The predicted molar refractivity (Wildman–Crippen MR) is 66.3 cm³/mol. The van der Waals surface area contributed by atoms with Crippen LogP contribution in [0.5, 0.6) is 0 Å². The molecule has 1 rings (SSSR count). The average molecular weight is 274 g/mol. The van der Waals surface area contributed by atoms with Gasteiger partial charge in [-0.2, -0.15) is 0 Å². The van der Waals surface area contributed by atoms with Crippen LogP contribution in [0.25, 0.3) is 0 Å². The van der Waals surface area contributed by atoms with Crippen LogP contribution in [0.3, 0.4) is 0 Å². The molecular formula is C13H22O6. The minimum absolute atomic E-state index is 0.116. The summed E-state index contributed by atoms with van der Waals surface area (Å²) in [6.07, 6.45) is 0.792. The second kappa shape index (κ2) is 6.86. The Hall–Kier alpha value is -1.14. The van der Waals surface area contributed by atoms with Gasteiger partial charge in [0.1, 0.15) is 0 Å². The van der Waals surface area contributed by atoms with Crippen LogP contribution in [-0.4, -0.2) is 44.7 Å². The molecule has 0 aromatic rings. The molecule has 1 aliphatic rings. The highest BCUT2D eigenvalue weighted by Gasteiger charge is 2.34. The second-order valence-electron chi connectivity index (χ2n) is 5.11. The number of carbonyl (C=O) groups is 2. The molecule has 19 heavy (non-hydrogen) atoms. The lowest BCUT2D eigenvalue weighted by atomic mass is 9.94. The Bertz CT molecular complexity index is 307. The molecule has 1 heterocycles. The highest BCUT2D eigenvalue weighted by molar-refractivity contribution is 5.73. The number of esters is 2. The first kappa shape index (κ1) is 15.9. The van der Waals surface area contributed by atoms with Gasteiger partial charge in [-0.05, 0) is 26.2 Å². The van der Waals surface area contributed by atoms with E-state index in [0.29, 0.717) is 13.0 Å². The van der Waals surface area contributed by atoms with E-state index in [1.54, 1.807) is 0 Å². The lowest BCUT2D eigenvalue weighted by Gasteiger charge is -2.20. The van der Waals surface area contributed by atoms with E-state index < -0.39 is 5.79 Å². The first-order chi connectivity index (χ1) is 8.86. The molecule has 0 saturated carbocycles. The quantitative estimate of drug-likeness (QED) is 0.679. The van der Waals surface area contributed by atoms with E-state index in [9.17, 15) is 9.59 Å². The van der Waals surface area contributed by atoms with Gasteiger partial charge >= 0.3 is 11.9 Å². The number of hydrogen-bond donors (Lipinski definition) is 0. The molecule has 0 amide bonds. The Balaban J connectivity index is 2.53. The lowest BCUT2D eigenvalue weighted by molar-refractivity contribution is -0.147. The summed E-state index contributed by atoms with van der Waals surface area (Å²) in [5.41, 5.74) is 0. The molecule has 6 nitrogen and oxygen atoms in total. The Labute approximate surface area is 113 Å². The van der Waals surface area contributed by atoms with Gasteiger partial charge in [0.25, 0.3) is 0 Å². The third-order valence-electron chi connectivity index (χ3n) is 3.03. The largest absolute Gasteiger partial charge is 0.469 e. The van der Waals surface area contributed by atoms with Crippen LogP contribution in [0.2, 0.25) is 0 Å². The van der Waals surface area contributed by atoms with E-state index in [4.69, 9.17) is 9.47 Å². The van der Waals surface area contributed by atoms with E-state index in [1.165, 1.54) is 14.2 Å². The molecule has 0 aliphatic carbocycles. The number of carbonyl (C=O) groups excluding carboxylic acids is 2. The molecule has 0 aromatic heterocycles. The molecule has 0 bridgehead atoms. The van der Waals surface area contributed by atoms with Gasteiger partial charge in [-0.3, -0.25) is 9.59 Å². The van der Waals surface area contributed by atoms with Crippen LogP contribution in [0.4, 0.5) is 0 Å². The summed E-state index contributed by atoms with van der Waals surface area (Å²) < 4.78 is 20.4. The van der Waals surface area contributed by atoms with Crippen LogP contribution < -0.4 is 0 Å². The molecule has 1 fully saturated rings. The fourth-order valence-corrected chi connectivity index (χ4v) is 2.13. The van der Waals surface area contributed by atoms with Gasteiger partial charge in [-0.1, -0.05) is 0 Å². The summed E-state index contributed by atoms with van der Waals surface area (Å²) >= 11 is 0. The van der Waals surface area contributed by atoms with E-state index in [1.807, 2.05) is 13.8 Å². The summed E-state index contributed by atoms with van der Waals surface area (Å²) in [5, 5.41) is 0. The van der Waals surface area contributed by atoms with Crippen LogP contribution in [0, 0.1) is 5.92 Å². The molecule has 1 aliphatic heterocycles. The minimum atomic E-state index is -0.605. The van der Waals surface area contributed by atoms with Gasteiger partial charge in [0.2, 0.25) is 0 Å². The maximum absolute atomic E-state index is 11.3. The molecule has 0 spiro atoms. The van der Waals surface area contributed by atoms with Crippen molar-refractivity contribution in [1.82, 2.24) is 0 Å². The maximum atomic E-state index is 11.3. The minimum Gasteiger partial charge on any atom is -0.469 e. The first-order valence-electron chi connectivity index (χ1n) is 6.31. The molecule has 0 radical (unpaired) electrons. The van der Waals surface area contributed by atoms with Gasteiger partial charge < -0.3 is 18.9 Å². The molecule has 1 atom stereocenters. The van der Waals surface area contributed by atoms with Crippen molar-refractivity contribution in [3.63, 3.8) is 0 Å². The summed E-state index contributed by atoms with van der Waals surface area (Å²) in [7, 11) is 2.66. The number of rotatable bonds is 6. The van der Waals surface area contributed by atoms with Crippen molar-refractivity contribution in [3.05, 3.63) is 0 Å². The normalized spacial score (nSPS) is 21.4. The highest BCUT2D eigenvalue weighted by Crippen LogP contribution is 2.28.